The van der Waals surface area contributed by atoms with Crippen LogP contribution in [-0.2, 0) is 0 Å². The van der Waals surface area contributed by atoms with Crippen molar-refractivity contribution < 1.29 is 9.84 Å². The van der Waals surface area contributed by atoms with Crippen LogP contribution < -0.4 is 9.64 Å². The van der Waals surface area contributed by atoms with Crippen LogP contribution in [-0.4, -0.2) is 41.4 Å². The molecular weight excluding hydrogens is 286 g/mol. The van der Waals surface area contributed by atoms with E-state index in [9.17, 15) is 5.11 Å². The molecule has 1 saturated heterocycles. The highest BCUT2D eigenvalue weighted by atomic mass is 79.9. The summed E-state index contributed by atoms with van der Waals surface area (Å²) in [5, 5.41) is 9.56. The van der Waals surface area contributed by atoms with Gasteiger partial charge >= 0.3 is 0 Å². The summed E-state index contributed by atoms with van der Waals surface area (Å²) in [5.74, 6) is 1.50. The van der Waals surface area contributed by atoms with Crippen LogP contribution in [0.4, 0.5) is 5.95 Å². The Labute approximate surface area is 109 Å². The number of rotatable bonds is 3. The van der Waals surface area contributed by atoms with E-state index >= 15 is 0 Å². The van der Waals surface area contributed by atoms with Gasteiger partial charge in [0.15, 0.2) is 0 Å². The molecule has 0 aliphatic carbocycles. The average molecular weight is 302 g/mol. The summed E-state index contributed by atoms with van der Waals surface area (Å²) >= 11 is 3.33. The minimum Gasteiger partial charge on any atom is -0.480 e. The lowest BCUT2D eigenvalue weighted by molar-refractivity contribution is 0.136. The van der Waals surface area contributed by atoms with Crippen LogP contribution in [0.3, 0.4) is 0 Å². The fourth-order valence-electron chi connectivity index (χ4n) is 2.00. The van der Waals surface area contributed by atoms with Crippen molar-refractivity contribution in [2.24, 2.45) is 5.92 Å². The van der Waals surface area contributed by atoms with Crippen molar-refractivity contribution in [1.29, 1.82) is 0 Å². The van der Waals surface area contributed by atoms with Gasteiger partial charge in [-0.15, -0.1) is 0 Å². The lowest BCUT2D eigenvalue weighted by Gasteiger charge is -2.18. The van der Waals surface area contributed by atoms with Crippen LogP contribution in [0.5, 0.6) is 5.88 Å². The molecule has 0 saturated carbocycles. The van der Waals surface area contributed by atoms with Crippen LogP contribution in [0.15, 0.2) is 10.7 Å². The molecule has 6 heteroatoms. The van der Waals surface area contributed by atoms with Gasteiger partial charge in [-0.2, -0.15) is 4.98 Å². The summed E-state index contributed by atoms with van der Waals surface area (Å²) in [6, 6.07) is 0. The van der Waals surface area contributed by atoms with E-state index in [4.69, 9.17) is 4.74 Å². The first-order valence-corrected chi connectivity index (χ1v) is 6.40. The molecule has 1 aliphatic heterocycles. The second kappa shape index (κ2) is 5.18. The Morgan fingerprint density at radius 3 is 3.00 bits per heavy atom. The van der Waals surface area contributed by atoms with Crippen LogP contribution in [0.2, 0.25) is 0 Å². The zero-order valence-electron chi connectivity index (χ0n) is 9.93. The van der Waals surface area contributed by atoms with Gasteiger partial charge in [0.25, 0.3) is 0 Å². The van der Waals surface area contributed by atoms with Crippen molar-refractivity contribution >= 4 is 21.9 Å². The molecule has 0 spiro atoms. The summed E-state index contributed by atoms with van der Waals surface area (Å²) < 4.78 is 5.89. The maximum absolute atomic E-state index is 9.56. The maximum Gasteiger partial charge on any atom is 0.232 e. The van der Waals surface area contributed by atoms with E-state index in [0.717, 1.165) is 24.0 Å². The molecule has 0 bridgehead atoms. The average Bonchev–Trinajstić information content (AvgIpc) is 2.79. The molecule has 0 amide bonds. The van der Waals surface area contributed by atoms with Gasteiger partial charge in [-0.25, -0.2) is 4.98 Å². The van der Waals surface area contributed by atoms with Crippen molar-refractivity contribution in [1.82, 2.24) is 9.97 Å². The highest BCUT2D eigenvalue weighted by molar-refractivity contribution is 9.10. The minimum absolute atomic E-state index is 0.280. The molecule has 5 nitrogen and oxygen atoms in total. The van der Waals surface area contributed by atoms with E-state index in [1.165, 1.54) is 0 Å². The van der Waals surface area contributed by atoms with Crippen molar-refractivity contribution in [3.8, 4) is 5.88 Å². The fraction of sp³-hybridized carbons (Fsp3) is 0.636. The van der Waals surface area contributed by atoms with E-state index in [1.54, 1.807) is 13.3 Å². The molecule has 0 aromatic carbocycles. The molecule has 1 aromatic rings. The number of ether oxygens (including phenoxy) is 1. The molecule has 1 aliphatic rings. The fourth-order valence-corrected chi connectivity index (χ4v) is 2.35. The van der Waals surface area contributed by atoms with E-state index in [2.05, 4.69) is 30.8 Å². The predicted octanol–water partition coefficient (Wildman–Crippen LogP) is 1.45. The second-order valence-electron chi connectivity index (χ2n) is 4.26. The van der Waals surface area contributed by atoms with Crippen molar-refractivity contribution in [3.63, 3.8) is 0 Å². The number of aromatic nitrogens is 2. The predicted molar refractivity (Wildman–Crippen MR) is 68.3 cm³/mol. The number of halogens is 1. The topological polar surface area (TPSA) is 58.5 Å². The summed E-state index contributed by atoms with van der Waals surface area (Å²) in [7, 11) is 1.58. The third-order valence-electron chi connectivity index (χ3n) is 3.08. The molecule has 17 heavy (non-hydrogen) atoms. The van der Waals surface area contributed by atoms with Gasteiger partial charge in [0.2, 0.25) is 11.8 Å². The van der Waals surface area contributed by atoms with Crippen LogP contribution in [0.25, 0.3) is 0 Å². The monoisotopic (exact) mass is 301 g/mol. The van der Waals surface area contributed by atoms with Gasteiger partial charge in [0, 0.05) is 19.0 Å². The number of aliphatic hydroxyl groups is 1. The Bertz CT molecular complexity index is 400. The smallest absolute Gasteiger partial charge is 0.232 e. The lowest BCUT2D eigenvalue weighted by atomic mass is 10.0. The lowest BCUT2D eigenvalue weighted by Crippen LogP contribution is -2.25. The zero-order chi connectivity index (χ0) is 12.4. The van der Waals surface area contributed by atoms with E-state index in [-0.39, 0.29) is 6.10 Å². The summed E-state index contributed by atoms with van der Waals surface area (Å²) in [6.45, 7) is 3.50. The molecule has 0 radical (unpaired) electrons. The molecule has 2 heterocycles. The van der Waals surface area contributed by atoms with Crippen molar-refractivity contribution in [2.75, 3.05) is 25.1 Å². The van der Waals surface area contributed by atoms with Gasteiger partial charge in [-0.3, -0.25) is 0 Å². The Morgan fingerprint density at radius 2 is 2.41 bits per heavy atom. The third-order valence-corrected chi connectivity index (χ3v) is 3.63. The Hall–Kier alpha value is -0.880. The van der Waals surface area contributed by atoms with Gasteiger partial charge in [0.05, 0.1) is 23.9 Å². The number of hydrogen-bond acceptors (Lipinski definition) is 5. The van der Waals surface area contributed by atoms with Gasteiger partial charge in [-0.1, -0.05) is 0 Å². The van der Waals surface area contributed by atoms with Crippen molar-refractivity contribution in [2.45, 2.75) is 19.4 Å². The number of anilines is 1. The number of aliphatic hydroxyl groups excluding tert-OH is 1. The molecule has 2 rings (SSSR count). The van der Waals surface area contributed by atoms with Crippen molar-refractivity contribution in [3.05, 3.63) is 10.7 Å². The standard InChI is InChI=1S/C11H16BrN3O2/c1-7(16)8-3-4-15(6-8)11-13-5-9(12)10(14-11)17-2/h5,7-8,16H,3-4,6H2,1-2H3. The Morgan fingerprint density at radius 1 is 1.65 bits per heavy atom. The highest BCUT2D eigenvalue weighted by Gasteiger charge is 2.27. The first-order valence-electron chi connectivity index (χ1n) is 5.61. The number of hydrogen-bond donors (Lipinski definition) is 1. The highest BCUT2D eigenvalue weighted by Crippen LogP contribution is 2.27. The zero-order valence-corrected chi connectivity index (χ0v) is 11.5. The molecule has 2 atom stereocenters. The molecule has 94 valence electrons. The number of nitrogens with zero attached hydrogens (tertiary/aromatic N) is 3. The van der Waals surface area contributed by atoms with Crippen LogP contribution in [0.1, 0.15) is 13.3 Å². The van der Waals surface area contributed by atoms with Gasteiger partial charge < -0.3 is 14.7 Å². The summed E-state index contributed by atoms with van der Waals surface area (Å²) in [5.41, 5.74) is 0. The number of methoxy groups -OCH3 is 1. The van der Waals surface area contributed by atoms with E-state index < -0.39 is 0 Å². The molecule has 1 N–H and O–H groups in total. The molecule has 1 aromatic heterocycles. The Balaban J connectivity index is 2.13. The first kappa shape index (κ1) is 12.6. The Kier molecular flexibility index (Phi) is 3.83. The molecule has 1 fully saturated rings. The van der Waals surface area contributed by atoms with Crippen LogP contribution >= 0.6 is 15.9 Å². The third kappa shape index (κ3) is 2.69. The molecule has 2 unspecified atom stereocenters. The van der Waals surface area contributed by atoms with Gasteiger partial charge in [0.1, 0.15) is 0 Å². The first-order chi connectivity index (χ1) is 8.11. The SMILES string of the molecule is COc1nc(N2CCC(C(C)O)C2)ncc1Br. The van der Waals surface area contributed by atoms with E-state index in [0.29, 0.717) is 17.7 Å². The summed E-state index contributed by atoms with van der Waals surface area (Å²) in [6.07, 6.45) is 2.38. The minimum atomic E-state index is -0.280. The second-order valence-corrected chi connectivity index (χ2v) is 5.12. The van der Waals surface area contributed by atoms with Crippen LogP contribution in [0, 0.1) is 5.92 Å². The quantitative estimate of drug-likeness (QED) is 0.916. The maximum atomic E-state index is 9.56. The normalized spacial score (nSPS) is 21.6. The largest absolute Gasteiger partial charge is 0.480 e. The van der Waals surface area contributed by atoms with Gasteiger partial charge in [-0.05, 0) is 29.3 Å². The summed E-state index contributed by atoms with van der Waals surface area (Å²) in [4.78, 5) is 10.7. The molecular formula is C11H16BrN3O2. The van der Waals surface area contributed by atoms with E-state index in [1.807, 2.05) is 6.92 Å².